The van der Waals surface area contributed by atoms with Gasteiger partial charge in [-0.1, -0.05) is 0 Å². The van der Waals surface area contributed by atoms with E-state index in [-0.39, 0.29) is 36.3 Å². The molecule has 0 spiro atoms. The number of nitrogens with one attached hydrogen (secondary N) is 2. The number of carbonyl (C=O) groups excluding carboxylic acids is 3. The minimum Gasteiger partial charge on any atom is -0.450 e. The highest BCUT2D eigenvalue weighted by Crippen LogP contribution is 2.30. The van der Waals surface area contributed by atoms with Gasteiger partial charge in [0.1, 0.15) is 0 Å². The number of ether oxygens (including phenoxy) is 1. The molecule has 1 aromatic heterocycles. The molecule has 1 aromatic rings. The van der Waals surface area contributed by atoms with E-state index in [1.165, 1.54) is 11.3 Å². The lowest BCUT2D eigenvalue weighted by Crippen LogP contribution is -2.47. The molecule has 2 fully saturated rings. The Balaban J connectivity index is 1.40. The van der Waals surface area contributed by atoms with E-state index in [1.807, 2.05) is 0 Å². The zero-order valence-electron chi connectivity index (χ0n) is 14.8. The Labute approximate surface area is 156 Å². The third-order valence-corrected chi connectivity index (χ3v) is 5.26. The van der Waals surface area contributed by atoms with Crippen LogP contribution in [0, 0.1) is 5.92 Å². The number of aromatic nitrogens is 1. The van der Waals surface area contributed by atoms with Gasteiger partial charge >= 0.3 is 6.09 Å². The van der Waals surface area contributed by atoms with Crippen molar-refractivity contribution in [2.75, 3.05) is 25.0 Å². The van der Waals surface area contributed by atoms with Crippen LogP contribution in [0.25, 0.3) is 0 Å². The van der Waals surface area contributed by atoms with Crippen LogP contribution in [-0.2, 0) is 20.7 Å². The Kier molecular flexibility index (Phi) is 6.08. The highest BCUT2D eigenvalue weighted by Gasteiger charge is 2.30. The van der Waals surface area contributed by atoms with Crippen LogP contribution in [0.1, 0.15) is 38.3 Å². The molecule has 142 valence electrons. The first kappa shape index (κ1) is 18.6. The third kappa shape index (κ3) is 5.17. The van der Waals surface area contributed by atoms with Gasteiger partial charge in [0.05, 0.1) is 18.7 Å². The standard InChI is InChI=1S/C17H24N4O4S/c1-2-25-17(24)21-7-5-12(6-8-21)18-14(22)9-13-10-26-16(19-13)20-15(23)11-3-4-11/h10-12H,2-9H2,1H3,(H,18,22)(H,19,20,23). The third-order valence-electron chi connectivity index (χ3n) is 4.46. The van der Waals surface area contributed by atoms with E-state index in [4.69, 9.17) is 4.74 Å². The molecule has 0 aromatic carbocycles. The molecule has 8 nitrogen and oxygen atoms in total. The van der Waals surface area contributed by atoms with Gasteiger partial charge in [0.2, 0.25) is 11.8 Å². The Hall–Kier alpha value is -2.16. The molecular formula is C17H24N4O4S. The summed E-state index contributed by atoms with van der Waals surface area (Å²) in [6.07, 6.45) is 3.21. The normalized spacial score (nSPS) is 17.7. The number of piperidine rings is 1. The van der Waals surface area contributed by atoms with Crippen LogP contribution in [0.5, 0.6) is 0 Å². The maximum atomic E-state index is 12.2. The van der Waals surface area contributed by atoms with Crippen molar-refractivity contribution < 1.29 is 19.1 Å². The highest BCUT2D eigenvalue weighted by molar-refractivity contribution is 7.13. The number of amides is 3. The van der Waals surface area contributed by atoms with Gasteiger partial charge in [-0.05, 0) is 32.6 Å². The maximum Gasteiger partial charge on any atom is 0.409 e. The van der Waals surface area contributed by atoms with Crippen molar-refractivity contribution in [3.05, 3.63) is 11.1 Å². The molecule has 0 atom stereocenters. The van der Waals surface area contributed by atoms with Crippen LogP contribution in [0.2, 0.25) is 0 Å². The number of nitrogens with zero attached hydrogens (tertiary/aromatic N) is 2. The highest BCUT2D eigenvalue weighted by atomic mass is 32.1. The monoisotopic (exact) mass is 380 g/mol. The maximum absolute atomic E-state index is 12.2. The second-order valence-electron chi connectivity index (χ2n) is 6.61. The summed E-state index contributed by atoms with van der Waals surface area (Å²) in [4.78, 5) is 41.6. The quantitative estimate of drug-likeness (QED) is 0.783. The summed E-state index contributed by atoms with van der Waals surface area (Å²) in [5, 5.41) is 8.13. The number of rotatable bonds is 6. The molecule has 2 N–H and O–H groups in total. The number of thiazole rings is 1. The van der Waals surface area contributed by atoms with Crippen molar-refractivity contribution in [1.82, 2.24) is 15.2 Å². The summed E-state index contributed by atoms with van der Waals surface area (Å²) >= 11 is 1.34. The molecular weight excluding hydrogens is 356 g/mol. The van der Waals surface area contributed by atoms with Crippen LogP contribution in [-0.4, -0.2) is 53.5 Å². The van der Waals surface area contributed by atoms with Crippen molar-refractivity contribution in [1.29, 1.82) is 0 Å². The summed E-state index contributed by atoms with van der Waals surface area (Å²) in [5.41, 5.74) is 0.655. The molecule has 2 aliphatic rings. The van der Waals surface area contributed by atoms with Crippen molar-refractivity contribution in [2.45, 2.75) is 45.1 Å². The predicted molar refractivity (Wildman–Crippen MR) is 96.9 cm³/mol. The second kappa shape index (κ2) is 8.48. The minimum absolute atomic E-state index is 0.0173. The smallest absolute Gasteiger partial charge is 0.409 e. The molecule has 1 saturated heterocycles. The van der Waals surface area contributed by atoms with Gasteiger partial charge in [-0.3, -0.25) is 9.59 Å². The summed E-state index contributed by atoms with van der Waals surface area (Å²) in [6, 6.07) is 0.0563. The van der Waals surface area contributed by atoms with E-state index in [0.717, 1.165) is 12.8 Å². The van der Waals surface area contributed by atoms with Crippen molar-refractivity contribution in [2.24, 2.45) is 5.92 Å². The predicted octanol–water partition coefficient (Wildman–Crippen LogP) is 1.77. The van der Waals surface area contributed by atoms with Gasteiger partial charge in [-0.25, -0.2) is 9.78 Å². The van der Waals surface area contributed by atoms with E-state index < -0.39 is 0 Å². The largest absolute Gasteiger partial charge is 0.450 e. The van der Waals surface area contributed by atoms with Gasteiger partial charge in [0.25, 0.3) is 0 Å². The molecule has 3 rings (SSSR count). The first-order valence-corrected chi connectivity index (χ1v) is 9.89. The van der Waals surface area contributed by atoms with E-state index in [1.54, 1.807) is 17.2 Å². The number of anilines is 1. The SMILES string of the molecule is CCOC(=O)N1CCC(NC(=O)Cc2csc(NC(=O)C3CC3)n2)CC1. The zero-order valence-corrected chi connectivity index (χ0v) is 15.6. The lowest BCUT2D eigenvalue weighted by molar-refractivity contribution is -0.121. The lowest BCUT2D eigenvalue weighted by atomic mass is 10.1. The Morgan fingerprint density at radius 2 is 2.00 bits per heavy atom. The summed E-state index contributed by atoms with van der Waals surface area (Å²) < 4.78 is 4.99. The first-order chi connectivity index (χ1) is 12.5. The molecule has 0 radical (unpaired) electrons. The molecule has 1 saturated carbocycles. The van der Waals surface area contributed by atoms with Crippen LogP contribution in [0.15, 0.2) is 5.38 Å². The van der Waals surface area contributed by atoms with Crippen molar-refractivity contribution >= 4 is 34.4 Å². The fourth-order valence-electron chi connectivity index (χ4n) is 2.86. The average Bonchev–Trinajstić information content (AvgIpc) is 3.38. The molecule has 2 heterocycles. The summed E-state index contributed by atoms with van der Waals surface area (Å²) in [5.74, 6) is 0.0554. The van der Waals surface area contributed by atoms with Crippen molar-refractivity contribution in [3.8, 4) is 0 Å². The Morgan fingerprint density at radius 1 is 1.27 bits per heavy atom. The van der Waals surface area contributed by atoms with Gasteiger partial charge in [-0.2, -0.15) is 0 Å². The molecule has 3 amide bonds. The fourth-order valence-corrected chi connectivity index (χ4v) is 3.58. The molecule has 9 heteroatoms. The van der Waals surface area contributed by atoms with Gasteiger partial charge < -0.3 is 20.3 Å². The van der Waals surface area contributed by atoms with E-state index in [9.17, 15) is 14.4 Å². The van der Waals surface area contributed by atoms with Crippen molar-refractivity contribution in [3.63, 3.8) is 0 Å². The number of likely N-dealkylation sites (tertiary alicyclic amines) is 1. The molecule has 1 aliphatic heterocycles. The number of carbonyl (C=O) groups is 3. The van der Waals surface area contributed by atoms with Crippen LogP contribution >= 0.6 is 11.3 Å². The van der Waals surface area contributed by atoms with Crippen LogP contribution in [0.3, 0.4) is 0 Å². The average molecular weight is 380 g/mol. The lowest BCUT2D eigenvalue weighted by Gasteiger charge is -2.31. The zero-order chi connectivity index (χ0) is 18.5. The minimum atomic E-state index is -0.291. The summed E-state index contributed by atoms with van der Waals surface area (Å²) in [6.45, 7) is 3.31. The molecule has 0 bridgehead atoms. The number of hydrogen-bond acceptors (Lipinski definition) is 6. The van der Waals surface area contributed by atoms with Crippen LogP contribution < -0.4 is 10.6 Å². The number of hydrogen-bond donors (Lipinski definition) is 2. The topological polar surface area (TPSA) is 101 Å². The van der Waals surface area contributed by atoms with Gasteiger partial charge in [0, 0.05) is 30.4 Å². The van der Waals surface area contributed by atoms with Gasteiger partial charge in [0.15, 0.2) is 5.13 Å². The summed E-state index contributed by atoms with van der Waals surface area (Å²) in [7, 11) is 0. The van der Waals surface area contributed by atoms with Crippen LogP contribution in [0.4, 0.5) is 9.93 Å². The van der Waals surface area contributed by atoms with E-state index in [0.29, 0.717) is 43.4 Å². The van der Waals surface area contributed by atoms with E-state index >= 15 is 0 Å². The first-order valence-electron chi connectivity index (χ1n) is 9.01. The Bertz CT molecular complexity index is 665. The second-order valence-corrected chi connectivity index (χ2v) is 7.47. The molecule has 1 aliphatic carbocycles. The van der Waals surface area contributed by atoms with E-state index in [2.05, 4.69) is 15.6 Å². The molecule has 0 unspecified atom stereocenters. The van der Waals surface area contributed by atoms with Gasteiger partial charge in [-0.15, -0.1) is 11.3 Å². The Morgan fingerprint density at radius 3 is 2.65 bits per heavy atom. The fraction of sp³-hybridized carbons (Fsp3) is 0.647. The molecule has 26 heavy (non-hydrogen) atoms.